The molecule has 1 fully saturated rings. The molecule has 46 heavy (non-hydrogen) atoms. The highest BCUT2D eigenvalue weighted by atomic mass is 35.5. The summed E-state index contributed by atoms with van der Waals surface area (Å²) < 4.78 is 20.6. The lowest BCUT2D eigenvalue weighted by Gasteiger charge is -2.30. The van der Waals surface area contributed by atoms with E-state index in [0.717, 1.165) is 5.56 Å². The SMILES string of the molecule is CC1(Cl)C=C(Cl)C=CC1COC[C@H]1O[C@@H](n2cc(C#Cc3ccccc3)c3c(N)ncnc32)[C@H](O)[C@@H]1OCc1ccc(Cl)cc1Cl. The summed E-state index contributed by atoms with van der Waals surface area (Å²) in [5, 5.41) is 13.8. The Morgan fingerprint density at radius 1 is 1.09 bits per heavy atom. The summed E-state index contributed by atoms with van der Waals surface area (Å²) in [6.07, 6.45) is 5.14. The average molecular weight is 700 g/mol. The first kappa shape index (κ1) is 32.8. The summed E-state index contributed by atoms with van der Waals surface area (Å²) in [7, 11) is 0. The number of hydrogen-bond acceptors (Lipinski definition) is 7. The van der Waals surface area contributed by atoms with Gasteiger partial charge in [-0.3, -0.25) is 0 Å². The van der Waals surface area contributed by atoms with Crippen molar-refractivity contribution in [1.29, 1.82) is 0 Å². The zero-order chi connectivity index (χ0) is 32.4. The fourth-order valence-corrected chi connectivity index (χ4v) is 6.59. The zero-order valence-electron chi connectivity index (χ0n) is 24.6. The molecule has 2 aromatic carbocycles. The molecule has 6 atom stereocenters. The van der Waals surface area contributed by atoms with Crippen LogP contribution >= 0.6 is 46.4 Å². The Labute approximate surface area is 286 Å². The number of anilines is 1. The molecule has 4 aromatic rings. The van der Waals surface area contributed by atoms with E-state index in [1.807, 2.05) is 43.3 Å². The van der Waals surface area contributed by atoms with E-state index in [0.29, 0.717) is 43.8 Å². The van der Waals surface area contributed by atoms with Crippen molar-refractivity contribution in [2.45, 2.75) is 42.9 Å². The molecule has 2 unspecified atom stereocenters. The van der Waals surface area contributed by atoms with Crippen LogP contribution in [-0.4, -0.2) is 56.0 Å². The number of fused-ring (bicyclic) bond motifs is 1. The number of alkyl halides is 1. The second kappa shape index (κ2) is 13.9. The van der Waals surface area contributed by atoms with Crippen LogP contribution in [-0.2, 0) is 20.8 Å². The van der Waals surface area contributed by atoms with Gasteiger partial charge in [-0.1, -0.05) is 77.0 Å². The van der Waals surface area contributed by atoms with Crippen molar-refractivity contribution < 1.29 is 19.3 Å². The molecule has 1 aliphatic carbocycles. The molecule has 8 nitrogen and oxygen atoms in total. The monoisotopic (exact) mass is 698 g/mol. The van der Waals surface area contributed by atoms with Gasteiger partial charge >= 0.3 is 0 Å². The number of aromatic nitrogens is 3. The molecule has 0 saturated carbocycles. The number of aliphatic hydroxyl groups is 1. The number of nitrogen functional groups attached to an aromatic ring is 1. The molecule has 1 saturated heterocycles. The summed E-state index contributed by atoms with van der Waals surface area (Å²) in [6.45, 7) is 2.39. The molecular formula is C34H30Cl4N4O4. The van der Waals surface area contributed by atoms with Gasteiger partial charge in [0.05, 0.1) is 35.6 Å². The van der Waals surface area contributed by atoms with Gasteiger partial charge in [-0.05, 0) is 48.9 Å². The molecule has 0 amide bonds. The predicted octanol–water partition coefficient (Wildman–Crippen LogP) is 6.89. The van der Waals surface area contributed by atoms with Crippen LogP contribution in [0.4, 0.5) is 5.82 Å². The van der Waals surface area contributed by atoms with Gasteiger partial charge in [-0.15, -0.1) is 11.6 Å². The topological polar surface area (TPSA) is 105 Å². The third kappa shape index (κ3) is 7.08. The van der Waals surface area contributed by atoms with Crippen molar-refractivity contribution in [1.82, 2.24) is 14.5 Å². The molecular weight excluding hydrogens is 670 g/mol. The summed E-state index contributed by atoms with van der Waals surface area (Å²) in [4.78, 5) is 7.94. The Morgan fingerprint density at radius 3 is 2.65 bits per heavy atom. The molecule has 1 aliphatic heterocycles. The maximum absolute atomic E-state index is 11.7. The van der Waals surface area contributed by atoms with Crippen molar-refractivity contribution in [2.75, 3.05) is 18.9 Å². The Balaban J connectivity index is 1.28. The van der Waals surface area contributed by atoms with Crippen molar-refractivity contribution in [3.8, 4) is 11.8 Å². The van der Waals surface area contributed by atoms with Crippen molar-refractivity contribution in [3.05, 3.63) is 111 Å². The predicted molar refractivity (Wildman–Crippen MR) is 181 cm³/mol. The van der Waals surface area contributed by atoms with E-state index in [1.54, 1.807) is 41.1 Å². The minimum atomic E-state index is -1.13. The van der Waals surface area contributed by atoms with Gasteiger partial charge in [0.25, 0.3) is 0 Å². The maximum atomic E-state index is 11.7. The van der Waals surface area contributed by atoms with Gasteiger partial charge < -0.3 is 29.6 Å². The standard InChI is InChI=1S/C34H30Cl4N4O4/c1-34(38)14-25(36)12-10-23(34)17-44-18-27-30(45-16-22-9-11-24(35)13-26(22)37)29(43)33(46-27)42-15-21(8-7-20-5-3-2-4-6-20)28-31(39)40-19-41-32(28)42/h2-6,9-15,19,23,27,29-30,33,43H,16-18H2,1H3,(H2,39,40,41)/t23?,27-,29-,30-,33-,34?/m1/s1. The lowest BCUT2D eigenvalue weighted by Crippen LogP contribution is -2.38. The number of ether oxygens (including phenoxy) is 3. The van der Waals surface area contributed by atoms with Gasteiger partial charge in [0.1, 0.15) is 36.1 Å². The highest BCUT2D eigenvalue weighted by Crippen LogP contribution is 2.38. The van der Waals surface area contributed by atoms with E-state index in [9.17, 15) is 5.11 Å². The molecule has 3 N–H and O–H groups in total. The number of rotatable bonds is 8. The van der Waals surface area contributed by atoms with E-state index >= 15 is 0 Å². The summed E-state index contributed by atoms with van der Waals surface area (Å²) in [5.41, 5.74) is 8.90. The second-order valence-corrected chi connectivity index (χ2v) is 13.4. The fraction of sp³-hybridized carbons (Fsp3) is 0.294. The smallest absolute Gasteiger partial charge is 0.164 e. The first-order chi connectivity index (χ1) is 22.1. The minimum absolute atomic E-state index is 0.105. The number of benzene rings is 2. The van der Waals surface area contributed by atoms with Crippen LogP contribution in [0.3, 0.4) is 0 Å². The Hall–Kier alpha value is -3.10. The van der Waals surface area contributed by atoms with Crippen LogP contribution < -0.4 is 5.73 Å². The quantitative estimate of drug-likeness (QED) is 0.153. The van der Waals surface area contributed by atoms with Crippen LogP contribution in [0.2, 0.25) is 10.0 Å². The van der Waals surface area contributed by atoms with Crippen LogP contribution in [0.25, 0.3) is 11.0 Å². The minimum Gasteiger partial charge on any atom is -0.386 e. The zero-order valence-corrected chi connectivity index (χ0v) is 27.6. The number of nitrogens with two attached hydrogens (primary N) is 1. The molecule has 6 rings (SSSR count). The highest BCUT2D eigenvalue weighted by Gasteiger charge is 2.46. The molecule has 2 aliphatic rings. The van der Waals surface area contributed by atoms with Crippen molar-refractivity contribution in [3.63, 3.8) is 0 Å². The fourth-order valence-electron chi connectivity index (χ4n) is 5.52. The molecule has 3 heterocycles. The molecule has 0 bridgehead atoms. The summed E-state index contributed by atoms with van der Waals surface area (Å²) in [6, 6.07) is 14.7. The first-order valence-corrected chi connectivity index (χ1v) is 16.0. The van der Waals surface area contributed by atoms with Gasteiger partial charge in [0, 0.05) is 32.8 Å². The molecule has 238 valence electrons. The van der Waals surface area contributed by atoms with Crippen molar-refractivity contribution in [2.24, 2.45) is 5.92 Å². The van der Waals surface area contributed by atoms with E-state index < -0.39 is 29.4 Å². The van der Waals surface area contributed by atoms with E-state index in [4.69, 9.17) is 66.3 Å². The highest BCUT2D eigenvalue weighted by molar-refractivity contribution is 6.35. The Kier molecular flexibility index (Phi) is 9.95. The van der Waals surface area contributed by atoms with Crippen LogP contribution in [0.5, 0.6) is 0 Å². The number of allylic oxidation sites excluding steroid dienone is 3. The second-order valence-electron chi connectivity index (χ2n) is 11.3. The van der Waals surface area contributed by atoms with Gasteiger partial charge in [0.2, 0.25) is 0 Å². The van der Waals surface area contributed by atoms with Gasteiger partial charge in [0.15, 0.2) is 6.23 Å². The Bertz CT molecular complexity index is 1850. The van der Waals surface area contributed by atoms with Crippen LogP contribution in [0.15, 0.2) is 84.3 Å². The largest absolute Gasteiger partial charge is 0.386 e. The molecule has 12 heteroatoms. The van der Waals surface area contributed by atoms with Crippen molar-refractivity contribution >= 4 is 63.3 Å². The lowest BCUT2D eigenvalue weighted by molar-refractivity contribution is -0.0822. The average Bonchev–Trinajstić information content (AvgIpc) is 3.54. The molecule has 0 radical (unpaired) electrons. The van der Waals surface area contributed by atoms with Crippen LogP contribution in [0.1, 0.15) is 29.8 Å². The number of aliphatic hydroxyl groups excluding tert-OH is 1. The maximum Gasteiger partial charge on any atom is 0.164 e. The van der Waals surface area contributed by atoms with E-state index in [2.05, 4.69) is 21.8 Å². The van der Waals surface area contributed by atoms with Gasteiger partial charge in [-0.2, -0.15) is 0 Å². The first-order valence-electron chi connectivity index (χ1n) is 14.5. The summed E-state index contributed by atoms with van der Waals surface area (Å²) >= 11 is 25.4. The third-order valence-electron chi connectivity index (χ3n) is 8.00. The number of hydrogen-bond donors (Lipinski definition) is 2. The molecule has 0 spiro atoms. The van der Waals surface area contributed by atoms with E-state index in [1.165, 1.54) is 6.33 Å². The number of nitrogens with zero attached hydrogens (tertiary/aromatic N) is 3. The normalized spacial score (nSPS) is 25.8. The Morgan fingerprint density at radius 2 is 1.89 bits per heavy atom. The number of halogens is 4. The summed E-state index contributed by atoms with van der Waals surface area (Å²) in [5.74, 6) is 6.47. The van der Waals surface area contributed by atoms with Gasteiger partial charge in [-0.25, -0.2) is 9.97 Å². The van der Waals surface area contributed by atoms with Crippen LogP contribution in [0, 0.1) is 17.8 Å². The lowest BCUT2D eigenvalue weighted by atomic mass is 9.90. The van der Waals surface area contributed by atoms with E-state index in [-0.39, 0.29) is 24.9 Å². The third-order valence-corrected chi connectivity index (χ3v) is 9.21. The molecule has 2 aromatic heterocycles.